The smallest absolute Gasteiger partial charge is 0.310 e. The molecule has 0 aliphatic rings. The summed E-state index contributed by atoms with van der Waals surface area (Å²) in [7, 11) is 0. The molecular formula is C18H19N6S+. The third-order valence-corrected chi connectivity index (χ3v) is 3.77. The first-order valence-electron chi connectivity index (χ1n) is 7.79. The molecule has 6 nitrogen and oxygen atoms in total. The zero-order valence-electron chi connectivity index (χ0n) is 14.0. The van der Waals surface area contributed by atoms with E-state index in [0.717, 1.165) is 27.8 Å². The number of nitrogens with one attached hydrogen (secondary N) is 3. The molecule has 7 heteroatoms. The maximum Gasteiger partial charge on any atom is 0.312 e. The zero-order chi connectivity index (χ0) is 17.8. The minimum atomic E-state index is 0.250. The lowest BCUT2D eigenvalue weighted by molar-refractivity contribution is -0.311. The van der Waals surface area contributed by atoms with E-state index >= 15 is 0 Å². The van der Waals surface area contributed by atoms with Crippen molar-refractivity contribution in [3.63, 3.8) is 0 Å². The predicted octanol–water partition coefficient (Wildman–Crippen LogP) is 1.45. The fourth-order valence-corrected chi connectivity index (χ4v) is 2.68. The first-order valence-corrected chi connectivity index (χ1v) is 8.19. The lowest BCUT2D eigenvalue weighted by Crippen LogP contribution is -2.82. The topological polar surface area (TPSA) is 89.8 Å². The Kier molecular flexibility index (Phi) is 4.85. The van der Waals surface area contributed by atoms with Crippen LogP contribution in [0.3, 0.4) is 0 Å². The first kappa shape index (κ1) is 16.8. The van der Waals surface area contributed by atoms with E-state index in [-0.39, 0.29) is 5.96 Å². The molecule has 0 unspecified atom stereocenters. The van der Waals surface area contributed by atoms with Gasteiger partial charge in [-0.15, -0.1) is 0 Å². The van der Waals surface area contributed by atoms with E-state index in [1.807, 2.05) is 62.4 Å². The summed E-state index contributed by atoms with van der Waals surface area (Å²) in [6.45, 7) is 3.95. The van der Waals surface area contributed by atoms with Crippen molar-refractivity contribution in [2.45, 2.75) is 13.8 Å². The van der Waals surface area contributed by atoms with Gasteiger partial charge in [-0.05, 0) is 49.8 Å². The SMILES string of the molecule is Cc1cccc(NC(=S)[NH+]=C(N)Nc2nc(C)c3ccccc3n2)c1. The quantitative estimate of drug-likeness (QED) is 0.317. The molecule has 3 rings (SSSR count). The highest BCUT2D eigenvalue weighted by Crippen LogP contribution is 2.16. The first-order chi connectivity index (χ1) is 12.0. The molecular weight excluding hydrogens is 332 g/mol. The molecule has 126 valence electrons. The highest BCUT2D eigenvalue weighted by molar-refractivity contribution is 7.80. The van der Waals surface area contributed by atoms with Crippen LogP contribution in [0.15, 0.2) is 48.5 Å². The van der Waals surface area contributed by atoms with Gasteiger partial charge in [0.05, 0.1) is 16.9 Å². The second-order valence-corrected chi connectivity index (χ2v) is 6.05. The molecule has 0 amide bonds. The number of rotatable bonds is 2. The molecule has 0 atom stereocenters. The zero-order valence-corrected chi connectivity index (χ0v) is 14.8. The van der Waals surface area contributed by atoms with Gasteiger partial charge in [0.1, 0.15) is 0 Å². The molecule has 0 fully saturated rings. The number of nitrogens with two attached hydrogens (primary N) is 1. The number of fused-ring (bicyclic) bond motifs is 1. The van der Waals surface area contributed by atoms with Crippen LogP contribution >= 0.6 is 12.2 Å². The summed E-state index contributed by atoms with van der Waals surface area (Å²) in [6, 6.07) is 15.7. The van der Waals surface area contributed by atoms with Crippen LogP contribution in [0.2, 0.25) is 0 Å². The van der Waals surface area contributed by atoms with Gasteiger partial charge in [-0.3, -0.25) is 5.32 Å². The van der Waals surface area contributed by atoms with Crippen LogP contribution in [0.5, 0.6) is 0 Å². The molecule has 3 aromatic rings. The van der Waals surface area contributed by atoms with E-state index in [9.17, 15) is 0 Å². The maximum absolute atomic E-state index is 5.97. The lowest BCUT2D eigenvalue weighted by atomic mass is 10.2. The summed E-state index contributed by atoms with van der Waals surface area (Å²) in [5.41, 5.74) is 9.73. The number of para-hydroxylation sites is 1. The Labute approximate surface area is 151 Å². The molecule has 25 heavy (non-hydrogen) atoms. The monoisotopic (exact) mass is 351 g/mol. The molecule has 0 spiro atoms. The highest BCUT2D eigenvalue weighted by atomic mass is 32.1. The van der Waals surface area contributed by atoms with Crippen LogP contribution in [0.4, 0.5) is 11.6 Å². The Balaban J connectivity index is 1.74. The molecule has 2 aromatic carbocycles. The van der Waals surface area contributed by atoms with Crippen LogP contribution in [-0.4, -0.2) is 21.0 Å². The Hall–Kier alpha value is -3.06. The standard InChI is InChI=1S/C18H18N6S/c1-11-6-5-7-13(10-11)21-18(25)24-16(19)23-17-20-12(2)14-8-3-4-9-15(14)22-17/h3-10H,1-2H3,(H4,19,20,21,22,23,24,25)/p+1. The Bertz CT molecular complexity index is 967. The van der Waals surface area contributed by atoms with Gasteiger partial charge in [0, 0.05) is 5.39 Å². The number of thiocarbonyl (C=S) groups is 1. The minimum Gasteiger partial charge on any atom is -0.310 e. The number of anilines is 2. The predicted molar refractivity (Wildman–Crippen MR) is 105 cm³/mol. The van der Waals surface area contributed by atoms with E-state index in [1.165, 1.54) is 0 Å². The second kappa shape index (κ2) is 7.23. The summed E-state index contributed by atoms with van der Waals surface area (Å²) < 4.78 is 0. The van der Waals surface area contributed by atoms with Crippen molar-refractivity contribution in [1.29, 1.82) is 0 Å². The maximum atomic E-state index is 5.97. The van der Waals surface area contributed by atoms with Gasteiger partial charge in [0.2, 0.25) is 0 Å². The largest absolute Gasteiger partial charge is 0.312 e. The lowest BCUT2D eigenvalue weighted by Gasteiger charge is -2.05. The van der Waals surface area contributed by atoms with Gasteiger partial charge in [0.15, 0.2) is 0 Å². The summed E-state index contributed by atoms with van der Waals surface area (Å²) in [4.78, 5) is 11.8. The molecule has 0 saturated heterocycles. The highest BCUT2D eigenvalue weighted by Gasteiger charge is 2.09. The van der Waals surface area contributed by atoms with Crippen molar-refractivity contribution in [3.8, 4) is 0 Å². The molecule has 0 bridgehead atoms. The van der Waals surface area contributed by atoms with Crippen LogP contribution in [0.25, 0.3) is 10.9 Å². The van der Waals surface area contributed by atoms with Crippen molar-refractivity contribution < 1.29 is 4.99 Å². The summed E-state index contributed by atoms with van der Waals surface area (Å²) in [5, 5.41) is 7.41. The molecule has 0 aliphatic heterocycles. The number of guanidine groups is 1. The van der Waals surface area contributed by atoms with E-state index in [2.05, 4.69) is 25.6 Å². The molecule has 1 aromatic heterocycles. The Morgan fingerprint density at radius 1 is 1.04 bits per heavy atom. The summed E-state index contributed by atoms with van der Waals surface area (Å²) >= 11 is 5.27. The van der Waals surface area contributed by atoms with Crippen LogP contribution < -0.4 is 21.4 Å². The number of aromatic nitrogens is 2. The number of hydrogen-bond donors (Lipinski definition) is 4. The van der Waals surface area contributed by atoms with Gasteiger partial charge in [-0.2, -0.15) is 0 Å². The van der Waals surface area contributed by atoms with Crippen molar-refractivity contribution in [1.82, 2.24) is 9.97 Å². The second-order valence-electron chi connectivity index (χ2n) is 5.64. The van der Waals surface area contributed by atoms with Crippen molar-refractivity contribution in [2.24, 2.45) is 5.73 Å². The van der Waals surface area contributed by atoms with Crippen LogP contribution in [0, 0.1) is 13.8 Å². The minimum absolute atomic E-state index is 0.250. The Morgan fingerprint density at radius 3 is 2.64 bits per heavy atom. The van der Waals surface area contributed by atoms with Crippen molar-refractivity contribution >= 4 is 45.8 Å². The van der Waals surface area contributed by atoms with Gasteiger partial charge in [-0.25, -0.2) is 20.3 Å². The third-order valence-electron chi connectivity index (χ3n) is 3.56. The van der Waals surface area contributed by atoms with E-state index in [4.69, 9.17) is 18.0 Å². The van der Waals surface area contributed by atoms with Gasteiger partial charge in [0.25, 0.3) is 11.1 Å². The normalized spacial score (nSPS) is 11.4. The number of nitrogens with zero attached hydrogens (tertiary/aromatic N) is 2. The Morgan fingerprint density at radius 2 is 1.84 bits per heavy atom. The van der Waals surface area contributed by atoms with E-state index < -0.39 is 0 Å². The van der Waals surface area contributed by atoms with Gasteiger partial charge < -0.3 is 5.73 Å². The molecule has 0 radical (unpaired) electrons. The van der Waals surface area contributed by atoms with Crippen LogP contribution in [0.1, 0.15) is 11.3 Å². The molecule has 0 aliphatic carbocycles. The van der Waals surface area contributed by atoms with Crippen LogP contribution in [-0.2, 0) is 0 Å². The summed E-state index contributed by atoms with van der Waals surface area (Å²) in [5.74, 6) is 0.666. The summed E-state index contributed by atoms with van der Waals surface area (Å²) in [6.07, 6.45) is 0. The van der Waals surface area contributed by atoms with Crippen molar-refractivity contribution in [3.05, 3.63) is 59.8 Å². The van der Waals surface area contributed by atoms with Crippen molar-refractivity contribution in [2.75, 3.05) is 10.6 Å². The average molecular weight is 351 g/mol. The average Bonchev–Trinajstić information content (AvgIpc) is 2.54. The van der Waals surface area contributed by atoms with Gasteiger partial charge in [-0.1, -0.05) is 30.3 Å². The number of aryl methyl sites for hydroxylation is 2. The van der Waals surface area contributed by atoms with Gasteiger partial charge >= 0.3 is 5.96 Å². The van der Waals surface area contributed by atoms with E-state index in [1.54, 1.807) is 0 Å². The third kappa shape index (κ3) is 4.27. The molecule has 5 N–H and O–H groups in total. The molecule has 1 heterocycles. The van der Waals surface area contributed by atoms with E-state index in [0.29, 0.717) is 11.1 Å². The number of benzene rings is 2. The molecule has 0 saturated carbocycles. The number of hydrogen-bond acceptors (Lipinski definition) is 3. The fraction of sp³-hybridized carbons (Fsp3) is 0.111. The fourth-order valence-electron chi connectivity index (χ4n) is 2.45.